The minimum absolute atomic E-state index is 0.0403. The molecule has 1 aliphatic rings. The lowest BCUT2D eigenvalue weighted by atomic mass is 9.90. The molecule has 1 fully saturated rings. The van der Waals surface area contributed by atoms with E-state index in [0.29, 0.717) is 13.2 Å². The maximum absolute atomic E-state index is 12.1. The van der Waals surface area contributed by atoms with Gasteiger partial charge in [-0.05, 0) is 27.2 Å². The van der Waals surface area contributed by atoms with E-state index in [1.54, 1.807) is 0 Å². The van der Waals surface area contributed by atoms with E-state index in [2.05, 4.69) is 12.2 Å². The van der Waals surface area contributed by atoms with E-state index in [4.69, 9.17) is 9.47 Å². The molecule has 0 radical (unpaired) electrons. The number of hydrogen-bond acceptors (Lipinski definition) is 3. The van der Waals surface area contributed by atoms with Crippen molar-refractivity contribution in [1.82, 2.24) is 5.32 Å². The molecule has 4 nitrogen and oxygen atoms in total. The van der Waals surface area contributed by atoms with Crippen LogP contribution < -0.4 is 5.32 Å². The van der Waals surface area contributed by atoms with E-state index in [-0.39, 0.29) is 5.91 Å². The third-order valence-electron chi connectivity index (χ3n) is 3.59. The number of amides is 1. The zero-order valence-electron chi connectivity index (χ0n) is 12.9. The van der Waals surface area contributed by atoms with Crippen molar-refractivity contribution in [3.63, 3.8) is 0 Å². The van der Waals surface area contributed by atoms with Gasteiger partial charge in [-0.25, -0.2) is 0 Å². The first kappa shape index (κ1) is 16.4. The van der Waals surface area contributed by atoms with Gasteiger partial charge in [0.25, 0.3) is 0 Å². The molecule has 4 heteroatoms. The number of nitrogens with one attached hydrogen (secondary N) is 1. The van der Waals surface area contributed by atoms with Gasteiger partial charge in [-0.3, -0.25) is 4.79 Å². The summed E-state index contributed by atoms with van der Waals surface area (Å²) in [7, 11) is 0. The molecular weight excluding hydrogens is 242 g/mol. The number of unbranched alkanes of at least 4 members (excludes halogenated alkanes) is 4. The van der Waals surface area contributed by atoms with E-state index in [0.717, 1.165) is 13.0 Å². The minimum Gasteiger partial charge on any atom is -0.355 e. The molecule has 1 rings (SSSR count). The van der Waals surface area contributed by atoms with Gasteiger partial charge in [0, 0.05) is 6.54 Å². The fourth-order valence-electron chi connectivity index (χ4n) is 2.02. The van der Waals surface area contributed by atoms with Gasteiger partial charge in [0.05, 0.1) is 18.6 Å². The fraction of sp³-hybridized carbons (Fsp3) is 0.933. The van der Waals surface area contributed by atoms with E-state index >= 15 is 0 Å². The van der Waals surface area contributed by atoms with E-state index < -0.39 is 11.2 Å². The Hall–Kier alpha value is -0.610. The normalized spacial score (nSPS) is 21.1. The molecule has 1 N–H and O–H groups in total. The molecule has 0 atom stereocenters. The molecule has 0 aromatic heterocycles. The zero-order valence-corrected chi connectivity index (χ0v) is 12.9. The molecule has 0 aromatic carbocycles. The van der Waals surface area contributed by atoms with Crippen LogP contribution in [-0.4, -0.2) is 31.5 Å². The number of hydrogen-bond donors (Lipinski definition) is 1. The first-order valence-corrected chi connectivity index (χ1v) is 7.46. The molecule has 0 aliphatic carbocycles. The molecule has 0 bridgehead atoms. The van der Waals surface area contributed by atoms with Crippen molar-refractivity contribution in [2.45, 2.75) is 65.6 Å². The highest BCUT2D eigenvalue weighted by Gasteiger charge is 2.41. The number of ether oxygens (including phenoxy) is 2. The second-order valence-corrected chi connectivity index (χ2v) is 6.21. The van der Waals surface area contributed by atoms with Crippen LogP contribution in [0.1, 0.15) is 59.8 Å². The van der Waals surface area contributed by atoms with Crippen molar-refractivity contribution < 1.29 is 14.3 Å². The Bertz CT molecular complexity index is 279. The van der Waals surface area contributed by atoms with Crippen LogP contribution in [0.25, 0.3) is 0 Å². The van der Waals surface area contributed by atoms with Gasteiger partial charge in [0.2, 0.25) is 5.91 Å². The Kier molecular flexibility index (Phi) is 6.27. The van der Waals surface area contributed by atoms with Crippen LogP contribution in [0.15, 0.2) is 0 Å². The van der Waals surface area contributed by atoms with Crippen LogP contribution >= 0.6 is 0 Å². The van der Waals surface area contributed by atoms with Crippen LogP contribution in [0.4, 0.5) is 0 Å². The maximum Gasteiger partial charge on any atom is 0.230 e. The highest BCUT2D eigenvalue weighted by Crippen LogP contribution is 2.29. The first-order valence-electron chi connectivity index (χ1n) is 7.46. The predicted molar refractivity (Wildman–Crippen MR) is 75.9 cm³/mol. The van der Waals surface area contributed by atoms with E-state index in [9.17, 15) is 4.79 Å². The zero-order chi connectivity index (χ0) is 14.4. The highest BCUT2D eigenvalue weighted by atomic mass is 16.7. The van der Waals surface area contributed by atoms with Gasteiger partial charge < -0.3 is 14.8 Å². The van der Waals surface area contributed by atoms with Crippen molar-refractivity contribution in [2.75, 3.05) is 19.8 Å². The average Bonchev–Trinajstić information content (AvgIpc) is 2.37. The molecule has 19 heavy (non-hydrogen) atoms. The van der Waals surface area contributed by atoms with Gasteiger partial charge in [-0.2, -0.15) is 0 Å². The van der Waals surface area contributed by atoms with Gasteiger partial charge in [0.15, 0.2) is 5.79 Å². The second-order valence-electron chi connectivity index (χ2n) is 6.21. The quantitative estimate of drug-likeness (QED) is 0.724. The molecule has 112 valence electrons. The molecule has 1 saturated heterocycles. The number of carbonyl (C=O) groups excluding carboxylic acids is 1. The molecule has 1 amide bonds. The van der Waals surface area contributed by atoms with Crippen LogP contribution in [0.5, 0.6) is 0 Å². The summed E-state index contributed by atoms with van der Waals surface area (Å²) in [6.45, 7) is 9.43. The van der Waals surface area contributed by atoms with Crippen LogP contribution in [0, 0.1) is 5.41 Å². The monoisotopic (exact) mass is 271 g/mol. The number of carbonyl (C=O) groups is 1. The Labute approximate surface area is 117 Å². The summed E-state index contributed by atoms with van der Waals surface area (Å²) in [4.78, 5) is 12.1. The molecular formula is C15H29NO3. The second kappa shape index (κ2) is 7.25. The summed E-state index contributed by atoms with van der Waals surface area (Å²) in [6, 6.07) is 0. The van der Waals surface area contributed by atoms with Crippen molar-refractivity contribution in [3.8, 4) is 0 Å². The first-order chi connectivity index (χ1) is 8.90. The maximum atomic E-state index is 12.1. The summed E-state index contributed by atoms with van der Waals surface area (Å²) in [6.07, 6.45) is 6.02. The van der Waals surface area contributed by atoms with Gasteiger partial charge >= 0.3 is 0 Å². The Morgan fingerprint density at radius 1 is 1.05 bits per heavy atom. The topological polar surface area (TPSA) is 47.6 Å². The lowest BCUT2D eigenvalue weighted by Gasteiger charge is -2.40. The van der Waals surface area contributed by atoms with Gasteiger partial charge in [0.1, 0.15) is 0 Å². The molecule has 0 saturated carbocycles. The smallest absolute Gasteiger partial charge is 0.230 e. The van der Waals surface area contributed by atoms with Crippen molar-refractivity contribution in [3.05, 3.63) is 0 Å². The largest absolute Gasteiger partial charge is 0.355 e. The van der Waals surface area contributed by atoms with Gasteiger partial charge in [-0.15, -0.1) is 0 Å². The summed E-state index contributed by atoms with van der Waals surface area (Å²) in [5, 5.41) is 3.00. The third-order valence-corrected chi connectivity index (χ3v) is 3.59. The SMILES string of the molecule is CCCCCCCNC(=O)C1(C)COC(C)(C)OC1. The van der Waals surface area contributed by atoms with Crippen molar-refractivity contribution in [1.29, 1.82) is 0 Å². The summed E-state index contributed by atoms with van der Waals surface area (Å²) < 4.78 is 11.2. The Balaban J connectivity index is 2.22. The summed E-state index contributed by atoms with van der Waals surface area (Å²) in [5.41, 5.74) is -0.557. The third kappa shape index (κ3) is 5.49. The van der Waals surface area contributed by atoms with Crippen molar-refractivity contribution >= 4 is 5.91 Å². The Morgan fingerprint density at radius 3 is 2.21 bits per heavy atom. The summed E-state index contributed by atoms with van der Waals surface area (Å²) in [5.74, 6) is -0.529. The molecule has 0 aromatic rings. The lowest BCUT2D eigenvalue weighted by Crippen LogP contribution is -2.52. The molecule has 0 unspecified atom stereocenters. The number of rotatable bonds is 7. The standard InChI is InChI=1S/C15H29NO3/c1-5-6-7-8-9-10-16-13(17)15(4)11-18-14(2,3)19-12-15/h5-12H2,1-4H3,(H,16,17). The van der Waals surface area contributed by atoms with E-state index in [1.165, 1.54) is 25.7 Å². The highest BCUT2D eigenvalue weighted by molar-refractivity contribution is 5.82. The van der Waals surface area contributed by atoms with Crippen LogP contribution in [0.2, 0.25) is 0 Å². The predicted octanol–water partition coefficient (Wildman–Crippen LogP) is 2.86. The average molecular weight is 271 g/mol. The van der Waals surface area contributed by atoms with Crippen molar-refractivity contribution in [2.24, 2.45) is 5.41 Å². The minimum atomic E-state index is -0.570. The summed E-state index contributed by atoms with van der Waals surface area (Å²) >= 11 is 0. The van der Waals surface area contributed by atoms with Gasteiger partial charge in [-0.1, -0.05) is 32.6 Å². The molecule has 0 spiro atoms. The van der Waals surface area contributed by atoms with Crippen LogP contribution in [-0.2, 0) is 14.3 Å². The lowest BCUT2D eigenvalue weighted by molar-refractivity contribution is -0.277. The van der Waals surface area contributed by atoms with Crippen LogP contribution in [0.3, 0.4) is 0 Å². The fourth-order valence-corrected chi connectivity index (χ4v) is 2.02. The van der Waals surface area contributed by atoms with E-state index in [1.807, 2.05) is 20.8 Å². The Morgan fingerprint density at radius 2 is 1.63 bits per heavy atom. The molecule has 1 aliphatic heterocycles. The molecule has 1 heterocycles.